The molecule has 0 saturated carbocycles. The summed E-state index contributed by atoms with van der Waals surface area (Å²) in [5, 5.41) is 0. The molecule has 5 heteroatoms. The summed E-state index contributed by atoms with van der Waals surface area (Å²) in [5.74, 6) is -0.837. The lowest BCUT2D eigenvalue weighted by Gasteiger charge is -2.27. The Morgan fingerprint density at radius 3 is 2.74 bits per heavy atom. The lowest BCUT2D eigenvalue weighted by molar-refractivity contribution is -0.108. The van der Waals surface area contributed by atoms with Gasteiger partial charge < -0.3 is 9.53 Å². The highest BCUT2D eigenvalue weighted by Crippen LogP contribution is 2.41. The summed E-state index contributed by atoms with van der Waals surface area (Å²) in [6.07, 6.45) is 4.34. The quantitative estimate of drug-likeness (QED) is 0.625. The molecule has 0 aromatic heterocycles. The highest BCUT2D eigenvalue weighted by molar-refractivity contribution is 9.10. The number of aldehydes is 1. The van der Waals surface area contributed by atoms with Gasteiger partial charge in [-0.15, -0.1) is 0 Å². The maximum Gasteiger partial charge on any atom is 0.141 e. The van der Waals surface area contributed by atoms with Gasteiger partial charge in [0.15, 0.2) is 0 Å². The Morgan fingerprint density at radius 2 is 2.16 bits per heavy atom. The lowest BCUT2D eigenvalue weighted by Crippen LogP contribution is -2.27. The molecule has 1 aromatic carbocycles. The standard InChI is InChI=1S/C14H11BrF2O2/c1-19-10-4-5-14(15,8-18)12(7-10)11-3-2-9(16)6-13(11)17/h2-4,6-8H,5H2,1H3. The van der Waals surface area contributed by atoms with E-state index in [4.69, 9.17) is 4.74 Å². The van der Waals surface area contributed by atoms with Crippen molar-refractivity contribution in [1.82, 2.24) is 0 Å². The number of carbonyl (C=O) groups is 1. The van der Waals surface area contributed by atoms with Gasteiger partial charge >= 0.3 is 0 Å². The van der Waals surface area contributed by atoms with Crippen molar-refractivity contribution < 1.29 is 18.3 Å². The van der Waals surface area contributed by atoms with E-state index in [9.17, 15) is 13.6 Å². The van der Waals surface area contributed by atoms with Crippen molar-refractivity contribution in [2.45, 2.75) is 10.7 Å². The average molecular weight is 329 g/mol. The van der Waals surface area contributed by atoms with Gasteiger partial charge in [-0.3, -0.25) is 0 Å². The fourth-order valence-electron chi connectivity index (χ4n) is 1.94. The van der Waals surface area contributed by atoms with Gasteiger partial charge in [0.05, 0.1) is 7.11 Å². The van der Waals surface area contributed by atoms with Crippen LogP contribution in [0, 0.1) is 11.6 Å². The summed E-state index contributed by atoms with van der Waals surface area (Å²) in [7, 11) is 1.49. The third kappa shape index (κ3) is 2.61. The first kappa shape index (κ1) is 13.9. The van der Waals surface area contributed by atoms with Crippen LogP contribution < -0.4 is 0 Å². The number of halogens is 3. The molecule has 0 saturated heterocycles. The van der Waals surface area contributed by atoms with Gasteiger partial charge in [0, 0.05) is 11.6 Å². The third-order valence-corrected chi connectivity index (χ3v) is 3.92. The average Bonchev–Trinajstić information content (AvgIpc) is 2.40. The van der Waals surface area contributed by atoms with Gasteiger partial charge in [-0.25, -0.2) is 8.78 Å². The van der Waals surface area contributed by atoms with Crippen LogP contribution in [-0.2, 0) is 9.53 Å². The monoisotopic (exact) mass is 328 g/mol. The number of allylic oxidation sites excluding steroid dienone is 3. The molecule has 100 valence electrons. The SMILES string of the molecule is COC1=CCC(Br)(C=O)C(c2ccc(F)cc2F)=C1. The maximum absolute atomic E-state index is 13.9. The summed E-state index contributed by atoms with van der Waals surface area (Å²) in [6.45, 7) is 0. The summed E-state index contributed by atoms with van der Waals surface area (Å²) in [6, 6.07) is 3.26. The molecular formula is C14H11BrF2O2. The summed E-state index contributed by atoms with van der Waals surface area (Å²) >= 11 is 3.31. The normalized spacial score (nSPS) is 22.5. The highest BCUT2D eigenvalue weighted by atomic mass is 79.9. The van der Waals surface area contributed by atoms with Crippen LogP contribution in [0.1, 0.15) is 12.0 Å². The van der Waals surface area contributed by atoms with Crippen LogP contribution in [0.5, 0.6) is 0 Å². The van der Waals surface area contributed by atoms with Gasteiger partial charge in [0.2, 0.25) is 0 Å². The van der Waals surface area contributed by atoms with Crippen LogP contribution in [0.3, 0.4) is 0 Å². The van der Waals surface area contributed by atoms with Gasteiger partial charge in [0.25, 0.3) is 0 Å². The Balaban J connectivity index is 2.57. The Morgan fingerprint density at radius 1 is 1.42 bits per heavy atom. The molecule has 2 rings (SSSR count). The minimum absolute atomic E-state index is 0.174. The number of carbonyl (C=O) groups excluding carboxylic acids is 1. The van der Waals surface area contributed by atoms with Gasteiger partial charge in [-0.05, 0) is 36.3 Å². The molecule has 0 aliphatic heterocycles. The third-order valence-electron chi connectivity index (χ3n) is 2.98. The molecule has 0 amide bonds. The van der Waals surface area contributed by atoms with Crippen molar-refractivity contribution >= 4 is 27.8 Å². The van der Waals surface area contributed by atoms with Crippen molar-refractivity contribution in [2.24, 2.45) is 0 Å². The molecule has 0 bridgehead atoms. The van der Waals surface area contributed by atoms with E-state index in [-0.39, 0.29) is 5.56 Å². The summed E-state index contributed by atoms with van der Waals surface area (Å²) in [4.78, 5) is 11.3. The molecule has 1 unspecified atom stereocenters. The Bertz CT molecular complexity index is 581. The summed E-state index contributed by atoms with van der Waals surface area (Å²) in [5.41, 5.74) is 0.590. The van der Waals surface area contributed by atoms with Crippen molar-refractivity contribution in [3.63, 3.8) is 0 Å². The van der Waals surface area contributed by atoms with Crippen molar-refractivity contribution in [3.8, 4) is 0 Å². The lowest BCUT2D eigenvalue weighted by atomic mass is 9.86. The molecule has 19 heavy (non-hydrogen) atoms. The molecule has 0 radical (unpaired) electrons. The van der Waals surface area contributed by atoms with Crippen LogP contribution >= 0.6 is 15.9 Å². The molecule has 0 spiro atoms. The van der Waals surface area contributed by atoms with Crippen LogP contribution in [0.2, 0.25) is 0 Å². The molecule has 0 fully saturated rings. The van der Waals surface area contributed by atoms with Crippen LogP contribution in [0.4, 0.5) is 8.78 Å². The Kier molecular flexibility index (Phi) is 3.85. The second-order valence-electron chi connectivity index (χ2n) is 4.18. The largest absolute Gasteiger partial charge is 0.497 e. The van der Waals surface area contributed by atoms with E-state index in [0.29, 0.717) is 24.0 Å². The first-order valence-electron chi connectivity index (χ1n) is 5.57. The highest BCUT2D eigenvalue weighted by Gasteiger charge is 2.35. The molecular weight excluding hydrogens is 318 g/mol. The number of ether oxygens (including phenoxy) is 1. The minimum Gasteiger partial charge on any atom is -0.497 e. The maximum atomic E-state index is 13.9. The van der Waals surface area contributed by atoms with Crippen LogP contribution in [0.15, 0.2) is 36.1 Å². The number of benzene rings is 1. The first-order chi connectivity index (χ1) is 9.00. The van der Waals surface area contributed by atoms with Crippen LogP contribution in [0.25, 0.3) is 5.57 Å². The van der Waals surface area contributed by atoms with Gasteiger partial charge in [0.1, 0.15) is 28.0 Å². The van der Waals surface area contributed by atoms with Crippen molar-refractivity contribution in [1.29, 1.82) is 0 Å². The Labute approximate surface area is 117 Å². The van der Waals surface area contributed by atoms with Crippen molar-refractivity contribution in [3.05, 3.63) is 53.3 Å². The Hall–Kier alpha value is -1.49. The fraction of sp³-hybridized carbons (Fsp3) is 0.214. The first-order valence-corrected chi connectivity index (χ1v) is 6.36. The van der Waals surface area contributed by atoms with E-state index in [1.165, 1.54) is 13.2 Å². The molecule has 2 nitrogen and oxygen atoms in total. The molecule has 1 atom stereocenters. The fourth-order valence-corrected chi connectivity index (χ4v) is 2.43. The second kappa shape index (κ2) is 5.25. The van der Waals surface area contributed by atoms with Gasteiger partial charge in [-0.1, -0.05) is 15.9 Å². The van der Waals surface area contributed by atoms with E-state index >= 15 is 0 Å². The number of rotatable bonds is 3. The van der Waals surface area contributed by atoms with Gasteiger partial charge in [-0.2, -0.15) is 0 Å². The van der Waals surface area contributed by atoms with Crippen molar-refractivity contribution in [2.75, 3.05) is 7.11 Å². The van der Waals surface area contributed by atoms with E-state index in [2.05, 4.69) is 15.9 Å². The van der Waals surface area contributed by atoms with E-state index < -0.39 is 16.0 Å². The molecule has 1 aliphatic rings. The predicted octanol–water partition coefficient (Wildman–Crippen LogP) is 3.61. The zero-order valence-electron chi connectivity index (χ0n) is 10.1. The number of hydrogen-bond donors (Lipinski definition) is 0. The molecule has 1 aromatic rings. The van der Waals surface area contributed by atoms with E-state index in [1.807, 2.05) is 0 Å². The number of methoxy groups -OCH3 is 1. The molecule has 1 aliphatic carbocycles. The smallest absolute Gasteiger partial charge is 0.141 e. The number of hydrogen-bond acceptors (Lipinski definition) is 2. The summed E-state index contributed by atoms with van der Waals surface area (Å²) < 4.78 is 30.9. The predicted molar refractivity (Wildman–Crippen MR) is 71.8 cm³/mol. The molecule has 0 N–H and O–H groups in total. The van der Waals surface area contributed by atoms with E-state index in [0.717, 1.165) is 12.1 Å². The van der Waals surface area contributed by atoms with E-state index in [1.54, 1.807) is 12.2 Å². The zero-order valence-corrected chi connectivity index (χ0v) is 11.7. The molecule has 0 heterocycles. The number of alkyl halides is 1. The topological polar surface area (TPSA) is 26.3 Å². The zero-order chi connectivity index (χ0) is 14.0. The second-order valence-corrected chi connectivity index (χ2v) is 5.59. The minimum atomic E-state index is -1.02. The van der Waals surface area contributed by atoms with Crippen LogP contribution in [-0.4, -0.2) is 17.7 Å².